The van der Waals surface area contributed by atoms with Crippen LogP contribution >= 0.6 is 0 Å². The molecule has 2 rings (SSSR count). The fourth-order valence-corrected chi connectivity index (χ4v) is 1.67. The molecule has 0 unspecified atom stereocenters. The highest BCUT2D eigenvalue weighted by atomic mass is 16.5. The lowest BCUT2D eigenvalue weighted by Gasteiger charge is -2.09. The summed E-state index contributed by atoms with van der Waals surface area (Å²) in [5.41, 5.74) is -0.00312. The van der Waals surface area contributed by atoms with Gasteiger partial charge in [-0.15, -0.1) is 0 Å². The number of nitrogens with zero attached hydrogens (tertiary/aromatic N) is 4. The third kappa shape index (κ3) is 2.97. The van der Waals surface area contributed by atoms with Crippen molar-refractivity contribution in [1.82, 2.24) is 24.6 Å². The first-order valence-electron chi connectivity index (χ1n) is 5.82. The molecule has 0 aliphatic rings. The highest BCUT2D eigenvalue weighted by Crippen LogP contribution is 1.93. The SMILES string of the molecule is Cn1c(CNCCc2ncno2)cc(=O)n(C)c1=O. The zero-order valence-corrected chi connectivity index (χ0v) is 10.8. The molecule has 2 heterocycles. The van der Waals surface area contributed by atoms with Crippen LogP contribution in [-0.4, -0.2) is 25.8 Å². The van der Waals surface area contributed by atoms with Gasteiger partial charge in [0.2, 0.25) is 5.89 Å². The molecule has 0 radical (unpaired) electrons. The molecule has 0 atom stereocenters. The summed E-state index contributed by atoms with van der Waals surface area (Å²) in [7, 11) is 3.09. The minimum atomic E-state index is -0.332. The van der Waals surface area contributed by atoms with Crippen molar-refractivity contribution in [3.8, 4) is 0 Å². The Labute approximate surface area is 108 Å². The van der Waals surface area contributed by atoms with Gasteiger partial charge in [0.1, 0.15) is 0 Å². The Morgan fingerprint density at radius 2 is 2.11 bits per heavy atom. The van der Waals surface area contributed by atoms with Gasteiger partial charge in [0.05, 0.1) is 0 Å². The molecule has 0 saturated heterocycles. The Morgan fingerprint density at radius 1 is 1.32 bits per heavy atom. The van der Waals surface area contributed by atoms with Crippen molar-refractivity contribution in [2.45, 2.75) is 13.0 Å². The maximum atomic E-state index is 11.7. The second kappa shape index (κ2) is 5.61. The highest BCUT2D eigenvalue weighted by Gasteiger charge is 2.05. The molecule has 0 bridgehead atoms. The summed E-state index contributed by atoms with van der Waals surface area (Å²) in [5.74, 6) is 0.547. The topological polar surface area (TPSA) is 94.9 Å². The third-order valence-corrected chi connectivity index (χ3v) is 2.85. The van der Waals surface area contributed by atoms with Crippen LogP contribution in [0.2, 0.25) is 0 Å². The van der Waals surface area contributed by atoms with E-state index in [-0.39, 0.29) is 11.2 Å². The largest absolute Gasteiger partial charge is 0.340 e. The van der Waals surface area contributed by atoms with Gasteiger partial charge in [-0.2, -0.15) is 4.98 Å². The van der Waals surface area contributed by atoms with Gasteiger partial charge in [-0.1, -0.05) is 5.16 Å². The molecule has 8 nitrogen and oxygen atoms in total. The Kier molecular flexibility index (Phi) is 3.91. The Bertz CT molecular complexity index is 656. The van der Waals surface area contributed by atoms with Crippen LogP contribution < -0.4 is 16.6 Å². The van der Waals surface area contributed by atoms with Crippen molar-refractivity contribution in [3.05, 3.63) is 44.8 Å². The van der Waals surface area contributed by atoms with E-state index in [2.05, 4.69) is 15.5 Å². The minimum Gasteiger partial charge on any atom is -0.340 e. The molecule has 0 amide bonds. The Balaban J connectivity index is 1.97. The lowest BCUT2D eigenvalue weighted by molar-refractivity contribution is 0.374. The number of nitrogens with one attached hydrogen (secondary N) is 1. The normalized spacial score (nSPS) is 10.8. The lowest BCUT2D eigenvalue weighted by Crippen LogP contribution is -2.39. The predicted molar refractivity (Wildman–Crippen MR) is 66.6 cm³/mol. The average molecular weight is 265 g/mol. The second-order valence-corrected chi connectivity index (χ2v) is 4.14. The first-order chi connectivity index (χ1) is 9.09. The van der Waals surface area contributed by atoms with E-state index in [4.69, 9.17) is 4.52 Å². The summed E-state index contributed by atoms with van der Waals surface area (Å²) in [6, 6.07) is 1.45. The minimum absolute atomic E-state index is 0.309. The number of rotatable bonds is 5. The summed E-state index contributed by atoms with van der Waals surface area (Å²) < 4.78 is 7.37. The first-order valence-corrected chi connectivity index (χ1v) is 5.82. The lowest BCUT2D eigenvalue weighted by atomic mass is 10.3. The molecule has 19 heavy (non-hydrogen) atoms. The van der Waals surface area contributed by atoms with E-state index in [0.717, 1.165) is 4.57 Å². The molecular weight excluding hydrogens is 250 g/mol. The quantitative estimate of drug-likeness (QED) is 0.682. The molecule has 0 fully saturated rings. The Hall–Kier alpha value is -2.22. The van der Waals surface area contributed by atoms with Crippen molar-refractivity contribution in [1.29, 1.82) is 0 Å². The fraction of sp³-hybridized carbons (Fsp3) is 0.455. The maximum absolute atomic E-state index is 11.7. The van der Waals surface area contributed by atoms with E-state index in [9.17, 15) is 9.59 Å². The van der Waals surface area contributed by atoms with Crippen LogP contribution in [0.4, 0.5) is 0 Å². The van der Waals surface area contributed by atoms with Crippen molar-refractivity contribution < 1.29 is 4.52 Å². The molecular formula is C11H15N5O3. The summed E-state index contributed by atoms with van der Waals surface area (Å²) in [5, 5.41) is 6.62. The summed E-state index contributed by atoms with van der Waals surface area (Å²) in [4.78, 5) is 27.1. The Morgan fingerprint density at radius 3 is 2.79 bits per heavy atom. The van der Waals surface area contributed by atoms with E-state index < -0.39 is 0 Å². The maximum Gasteiger partial charge on any atom is 0.330 e. The number of hydrogen-bond donors (Lipinski definition) is 1. The smallest absolute Gasteiger partial charge is 0.330 e. The van der Waals surface area contributed by atoms with Crippen LogP contribution in [0.25, 0.3) is 0 Å². The van der Waals surface area contributed by atoms with Crippen LogP contribution in [0, 0.1) is 0 Å². The molecule has 0 aromatic carbocycles. The van der Waals surface area contributed by atoms with E-state index in [1.807, 2.05) is 0 Å². The van der Waals surface area contributed by atoms with Gasteiger partial charge >= 0.3 is 5.69 Å². The summed E-state index contributed by atoms with van der Waals surface area (Å²) in [6.07, 6.45) is 1.94. The fourth-order valence-electron chi connectivity index (χ4n) is 1.67. The van der Waals surface area contributed by atoms with E-state index in [0.29, 0.717) is 31.1 Å². The molecule has 0 spiro atoms. The van der Waals surface area contributed by atoms with Gasteiger partial charge in [-0.05, 0) is 0 Å². The van der Waals surface area contributed by atoms with Crippen molar-refractivity contribution >= 4 is 0 Å². The molecule has 0 aliphatic heterocycles. The monoisotopic (exact) mass is 265 g/mol. The molecule has 0 aliphatic carbocycles. The predicted octanol–water partition coefficient (Wildman–Crippen LogP) is -1.20. The number of aromatic nitrogens is 4. The van der Waals surface area contributed by atoms with Crippen LogP contribution in [0.1, 0.15) is 11.6 Å². The van der Waals surface area contributed by atoms with Gasteiger partial charge < -0.3 is 9.84 Å². The van der Waals surface area contributed by atoms with Crippen LogP contribution in [0.3, 0.4) is 0 Å². The van der Waals surface area contributed by atoms with Gasteiger partial charge in [0, 0.05) is 45.4 Å². The van der Waals surface area contributed by atoms with Crippen LogP contribution in [0.15, 0.2) is 26.5 Å². The molecule has 0 saturated carbocycles. The first kappa shape index (κ1) is 13.2. The van der Waals surface area contributed by atoms with E-state index >= 15 is 0 Å². The highest BCUT2D eigenvalue weighted by molar-refractivity contribution is 5.01. The van der Waals surface area contributed by atoms with E-state index in [1.165, 1.54) is 24.0 Å². The molecule has 1 N–H and O–H groups in total. The van der Waals surface area contributed by atoms with E-state index in [1.54, 1.807) is 7.05 Å². The third-order valence-electron chi connectivity index (χ3n) is 2.85. The zero-order chi connectivity index (χ0) is 13.8. The molecule has 102 valence electrons. The van der Waals surface area contributed by atoms with Gasteiger partial charge in [-0.25, -0.2) is 4.79 Å². The molecule has 2 aromatic rings. The van der Waals surface area contributed by atoms with Crippen LogP contribution in [0.5, 0.6) is 0 Å². The van der Waals surface area contributed by atoms with Crippen molar-refractivity contribution in [2.24, 2.45) is 14.1 Å². The average Bonchev–Trinajstić information content (AvgIpc) is 2.91. The second-order valence-electron chi connectivity index (χ2n) is 4.14. The summed E-state index contributed by atoms with van der Waals surface area (Å²) in [6.45, 7) is 1.04. The molecule has 2 aromatic heterocycles. The van der Waals surface area contributed by atoms with Gasteiger partial charge in [-0.3, -0.25) is 13.9 Å². The number of hydrogen-bond acceptors (Lipinski definition) is 6. The summed E-state index contributed by atoms with van der Waals surface area (Å²) >= 11 is 0. The van der Waals surface area contributed by atoms with Crippen molar-refractivity contribution in [3.63, 3.8) is 0 Å². The standard InChI is InChI=1S/C11H15N5O3/c1-15-8(5-10(17)16(2)11(15)18)6-12-4-3-9-13-7-14-19-9/h5,7,12H,3-4,6H2,1-2H3. The van der Waals surface area contributed by atoms with Gasteiger partial charge in [0.25, 0.3) is 5.56 Å². The van der Waals surface area contributed by atoms with Gasteiger partial charge in [0.15, 0.2) is 6.33 Å². The molecule has 8 heteroatoms. The zero-order valence-electron chi connectivity index (χ0n) is 10.8. The van der Waals surface area contributed by atoms with Crippen LogP contribution in [-0.2, 0) is 27.1 Å². The van der Waals surface area contributed by atoms with Crippen molar-refractivity contribution in [2.75, 3.05) is 6.54 Å².